The second-order valence-electron chi connectivity index (χ2n) is 6.69. The first kappa shape index (κ1) is 17.0. The van der Waals surface area contributed by atoms with Crippen LogP contribution >= 0.6 is 0 Å². The summed E-state index contributed by atoms with van der Waals surface area (Å²) in [5.41, 5.74) is 0.479. The minimum atomic E-state index is -0.507. The SMILES string of the molecule is C[C@H](CCN1C(=O)c2ccccc2C1=O)OC(=O)NC(C)(C)C. The van der Waals surface area contributed by atoms with Crippen molar-refractivity contribution in [2.75, 3.05) is 6.54 Å². The molecular formula is C17H22N2O4. The third-order valence-corrected chi connectivity index (χ3v) is 3.42. The van der Waals surface area contributed by atoms with Crippen molar-refractivity contribution in [3.8, 4) is 0 Å². The first-order chi connectivity index (χ1) is 10.7. The van der Waals surface area contributed by atoms with Crippen LogP contribution in [0.3, 0.4) is 0 Å². The van der Waals surface area contributed by atoms with E-state index in [0.29, 0.717) is 17.5 Å². The van der Waals surface area contributed by atoms with Crippen LogP contribution in [0.15, 0.2) is 24.3 Å². The Morgan fingerprint density at radius 1 is 1.17 bits per heavy atom. The summed E-state index contributed by atoms with van der Waals surface area (Å²) in [6.45, 7) is 7.53. The number of fused-ring (bicyclic) bond motifs is 1. The van der Waals surface area contributed by atoms with Crippen LogP contribution in [0.4, 0.5) is 4.79 Å². The van der Waals surface area contributed by atoms with Crippen LogP contribution < -0.4 is 5.32 Å². The van der Waals surface area contributed by atoms with Gasteiger partial charge in [-0.25, -0.2) is 4.79 Å². The summed E-state index contributed by atoms with van der Waals surface area (Å²) in [5.74, 6) is -0.589. The fourth-order valence-corrected chi connectivity index (χ4v) is 2.33. The Hall–Kier alpha value is -2.37. The van der Waals surface area contributed by atoms with Gasteiger partial charge < -0.3 is 10.1 Å². The largest absolute Gasteiger partial charge is 0.446 e. The van der Waals surface area contributed by atoms with Crippen LogP contribution in [-0.4, -0.2) is 41.0 Å². The lowest BCUT2D eigenvalue weighted by atomic mass is 10.1. The lowest BCUT2D eigenvalue weighted by molar-refractivity contribution is 0.0605. The maximum atomic E-state index is 12.2. The van der Waals surface area contributed by atoms with Gasteiger partial charge in [-0.1, -0.05) is 12.1 Å². The molecule has 1 atom stereocenters. The molecule has 0 saturated carbocycles. The Balaban J connectivity index is 1.89. The quantitative estimate of drug-likeness (QED) is 0.866. The average molecular weight is 318 g/mol. The third-order valence-electron chi connectivity index (χ3n) is 3.42. The van der Waals surface area contributed by atoms with Crippen LogP contribution in [0, 0.1) is 0 Å². The van der Waals surface area contributed by atoms with Crippen molar-refractivity contribution in [3.63, 3.8) is 0 Å². The van der Waals surface area contributed by atoms with Crippen molar-refractivity contribution in [1.29, 1.82) is 0 Å². The van der Waals surface area contributed by atoms with Gasteiger partial charge in [-0.05, 0) is 39.8 Å². The predicted octanol–water partition coefficient (Wildman–Crippen LogP) is 2.59. The van der Waals surface area contributed by atoms with Crippen molar-refractivity contribution in [2.24, 2.45) is 0 Å². The highest BCUT2D eigenvalue weighted by Gasteiger charge is 2.35. The fourth-order valence-electron chi connectivity index (χ4n) is 2.33. The molecule has 0 bridgehead atoms. The molecule has 0 radical (unpaired) electrons. The van der Waals surface area contributed by atoms with Crippen LogP contribution in [0.25, 0.3) is 0 Å². The normalized spacial score (nSPS) is 15.4. The van der Waals surface area contributed by atoms with Crippen LogP contribution in [0.2, 0.25) is 0 Å². The van der Waals surface area contributed by atoms with Crippen molar-refractivity contribution in [1.82, 2.24) is 10.2 Å². The van der Waals surface area contributed by atoms with E-state index in [4.69, 9.17) is 4.74 Å². The molecule has 0 unspecified atom stereocenters. The van der Waals surface area contributed by atoms with Gasteiger partial charge in [0.1, 0.15) is 6.10 Å². The fraction of sp³-hybridized carbons (Fsp3) is 0.471. The molecule has 1 heterocycles. The zero-order valence-corrected chi connectivity index (χ0v) is 13.9. The Kier molecular flexibility index (Phi) is 4.73. The Bertz CT molecular complexity index is 599. The summed E-state index contributed by atoms with van der Waals surface area (Å²) >= 11 is 0. The summed E-state index contributed by atoms with van der Waals surface area (Å²) in [6, 6.07) is 6.75. The molecule has 0 aliphatic carbocycles. The van der Waals surface area contributed by atoms with E-state index in [1.54, 1.807) is 31.2 Å². The van der Waals surface area contributed by atoms with Gasteiger partial charge in [0.2, 0.25) is 0 Å². The molecule has 1 aromatic carbocycles. The molecule has 0 saturated heterocycles. The van der Waals surface area contributed by atoms with E-state index in [0.717, 1.165) is 0 Å². The summed E-state index contributed by atoms with van der Waals surface area (Å²) < 4.78 is 5.23. The number of nitrogens with zero attached hydrogens (tertiary/aromatic N) is 1. The van der Waals surface area contributed by atoms with Gasteiger partial charge in [-0.2, -0.15) is 0 Å². The Morgan fingerprint density at radius 3 is 2.17 bits per heavy atom. The molecule has 0 spiro atoms. The molecule has 3 amide bonds. The number of ether oxygens (including phenoxy) is 1. The molecular weight excluding hydrogens is 296 g/mol. The van der Waals surface area contributed by atoms with Crippen LogP contribution in [0.5, 0.6) is 0 Å². The number of benzene rings is 1. The topological polar surface area (TPSA) is 75.7 Å². The van der Waals surface area contributed by atoms with Crippen molar-refractivity contribution in [2.45, 2.75) is 45.8 Å². The van der Waals surface area contributed by atoms with Crippen molar-refractivity contribution in [3.05, 3.63) is 35.4 Å². The molecule has 0 aromatic heterocycles. The Morgan fingerprint density at radius 2 is 1.70 bits per heavy atom. The van der Waals surface area contributed by atoms with E-state index in [2.05, 4.69) is 5.32 Å². The monoisotopic (exact) mass is 318 g/mol. The average Bonchev–Trinajstić information content (AvgIpc) is 2.67. The third kappa shape index (κ3) is 4.09. The second-order valence-corrected chi connectivity index (χ2v) is 6.69. The van der Waals surface area contributed by atoms with E-state index >= 15 is 0 Å². The standard InChI is InChI=1S/C17H22N2O4/c1-11(23-16(22)18-17(2,3)4)9-10-19-14(20)12-7-5-6-8-13(12)15(19)21/h5-8,11H,9-10H2,1-4H3,(H,18,22)/t11-/m1/s1. The molecule has 1 aliphatic heterocycles. The minimum absolute atomic E-state index is 0.219. The molecule has 0 fully saturated rings. The number of nitrogens with one attached hydrogen (secondary N) is 1. The van der Waals surface area contributed by atoms with Gasteiger partial charge in [0, 0.05) is 18.5 Å². The molecule has 1 aromatic rings. The van der Waals surface area contributed by atoms with E-state index in [1.807, 2.05) is 20.8 Å². The highest BCUT2D eigenvalue weighted by atomic mass is 16.6. The van der Waals surface area contributed by atoms with Crippen molar-refractivity contribution >= 4 is 17.9 Å². The number of carbonyl (C=O) groups is 3. The smallest absolute Gasteiger partial charge is 0.407 e. The maximum Gasteiger partial charge on any atom is 0.407 e. The maximum absolute atomic E-state index is 12.2. The summed E-state index contributed by atoms with van der Waals surface area (Å²) in [4.78, 5) is 37.3. The zero-order chi connectivity index (χ0) is 17.2. The molecule has 2 rings (SSSR count). The first-order valence-electron chi connectivity index (χ1n) is 7.63. The lowest BCUT2D eigenvalue weighted by Gasteiger charge is -2.23. The van der Waals surface area contributed by atoms with E-state index in [9.17, 15) is 14.4 Å². The number of rotatable bonds is 4. The molecule has 1 aliphatic rings. The zero-order valence-electron chi connectivity index (χ0n) is 13.9. The molecule has 23 heavy (non-hydrogen) atoms. The number of amides is 3. The van der Waals surface area contributed by atoms with Gasteiger partial charge in [0.15, 0.2) is 0 Å². The van der Waals surface area contributed by atoms with E-state index < -0.39 is 12.2 Å². The number of alkyl carbamates (subject to hydrolysis) is 1. The van der Waals surface area contributed by atoms with Gasteiger partial charge in [0.05, 0.1) is 11.1 Å². The highest BCUT2D eigenvalue weighted by molar-refractivity contribution is 6.21. The molecule has 1 N–H and O–H groups in total. The van der Waals surface area contributed by atoms with E-state index in [1.165, 1.54) is 4.90 Å². The summed E-state index contributed by atoms with van der Waals surface area (Å²) in [6.07, 6.45) is -0.516. The van der Waals surface area contributed by atoms with E-state index in [-0.39, 0.29) is 23.9 Å². The van der Waals surface area contributed by atoms with Gasteiger partial charge in [-0.3, -0.25) is 14.5 Å². The number of imide groups is 1. The molecule has 6 nitrogen and oxygen atoms in total. The highest BCUT2D eigenvalue weighted by Crippen LogP contribution is 2.22. The van der Waals surface area contributed by atoms with Crippen LogP contribution in [-0.2, 0) is 4.74 Å². The summed E-state index contributed by atoms with van der Waals surface area (Å²) in [7, 11) is 0. The predicted molar refractivity (Wildman–Crippen MR) is 85.3 cm³/mol. The van der Waals surface area contributed by atoms with Gasteiger partial charge in [-0.15, -0.1) is 0 Å². The lowest BCUT2D eigenvalue weighted by Crippen LogP contribution is -2.42. The summed E-state index contributed by atoms with van der Waals surface area (Å²) in [5, 5.41) is 2.70. The minimum Gasteiger partial charge on any atom is -0.446 e. The second kappa shape index (κ2) is 6.40. The van der Waals surface area contributed by atoms with Gasteiger partial charge >= 0.3 is 6.09 Å². The number of hydrogen-bond donors (Lipinski definition) is 1. The Labute approximate surface area is 135 Å². The number of carbonyl (C=O) groups excluding carboxylic acids is 3. The van der Waals surface area contributed by atoms with Gasteiger partial charge in [0.25, 0.3) is 11.8 Å². The van der Waals surface area contributed by atoms with Crippen molar-refractivity contribution < 1.29 is 19.1 Å². The number of hydrogen-bond acceptors (Lipinski definition) is 4. The molecule has 6 heteroatoms. The first-order valence-corrected chi connectivity index (χ1v) is 7.63. The van der Waals surface area contributed by atoms with Crippen LogP contribution in [0.1, 0.15) is 54.8 Å². The molecule has 124 valence electrons.